The number of rotatable bonds is 4. The van der Waals surface area contributed by atoms with Crippen LogP contribution in [0.1, 0.15) is 48.5 Å². The van der Waals surface area contributed by atoms with Crippen molar-refractivity contribution >= 4 is 11.6 Å². The monoisotopic (exact) mass is 438 g/mol. The first-order chi connectivity index (χ1) is 15.9. The minimum Gasteiger partial charge on any atom is -0.297 e. The molecule has 0 bridgehead atoms. The molecule has 1 fully saturated rings. The molecule has 0 atom stereocenters. The molecule has 1 heterocycles. The van der Waals surface area contributed by atoms with Crippen LogP contribution in [0.25, 0.3) is 0 Å². The van der Waals surface area contributed by atoms with Crippen LogP contribution in [0.2, 0.25) is 0 Å². The largest absolute Gasteiger partial charge is 0.297 e. The molecule has 0 unspecified atom stereocenters. The molecule has 0 amide bonds. The minimum atomic E-state index is -1.27. The summed E-state index contributed by atoms with van der Waals surface area (Å²) in [6, 6.07) is 22.0. The maximum atomic E-state index is 14.0. The third-order valence-electron chi connectivity index (χ3n) is 7.05. The van der Waals surface area contributed by atoms with Gasteiger partial charge in [-0.2, -0.15) is 0 Å². The average molecular weight is 439 g/mol. The van der Waals surface area contributed by atoms with Gasteiger partial charge in [-0.25, -0.2) is 0 Å². The molecule has 2 aliphatic rings. The lowest BCUT2D eigenvalue weighted by Gasteiger charge is -2.44. The van der Waals surface area contributed by atoms with E-state index in [0.717, 1.165) is 36.3 Å². The summed E-state index contributed by atoms with van der Waals surface area (Å²) in [5.74, 6) is -0.166. The van der Waals surface area contributed by atoms with E-state index in [1.807, 2.05) is 38.1 Å². The van der Waals surface area contributed by atoms with Gasteiger partial charge in [0.1, 0.15) is 0 Å². The molecule has 1 saturated heterocycles. The van der Waals surface area contributed by atoms with E-state index >= 15 is 0 Å². The maximum Gasteiger partial charge on any atom is 0.196 e. The van der Waals surface area contributed by atoms with Crippen LogP contribution < -0.4 is 0 Å². The molecule has 3 aromatic rings. The van der Waals surface area contributed by atoms with Crippen molar-refractivity contribution in [2.45, 2.75) is 32.9 Å². The number of carbonyl (C=O) groups excluding carboxylic acids is 2. The summed E-state index contributed by atoms with van der Waals surface area (Å²) in [5.41, 5.74) is 5.33. The quantitative estimate of drug-likeness (QED) is 0.554. The Labute approximate surface area is 195 Å². The number of Topliss-reactive ketones (excluding diaryl/α,β-unsaturated/α-hetero) is 2. The lowest BCUT2D eigenvalue weighted by Crippen LogP contribution is -2.60. The van der Waals surface area contributed by atoms with E-state index in [-0.39, 0.29) is 11.6 Å². The van der Waals surface area contributed by atoms with Crippen molar-refractivity contribution in [1.29, 1.82) is 0 Å². The summed E-state index contributed by atoms with van der Waals surface area (Å²) in [4.78, 5) is 32.5. The van der Waals surface area contributed by atoms with Gasteiger partial charge in [-0.15, -0.1) is 0 Å². The molecular formula is C29H30N2O2. The normalized spacial score (nSPS) is 18.5. The number of fused-ring (bicyclic) bond motifs is 1. The number of nitrogens with zero attached hydrogens (tertiary/aromatic N) is 2. The molecule has 0 N–H and O–H groups in total. The summed E-state index contributed by atoms with van der Waals surface area (Å²) >= 11 is 0. The van der Waals surface area contributed by atoms with Gasteiger partial charge in [0.25, 0.3) is 0 Å². The van der Waals surface area contributed by atoms with Crippen molar-refractivity contribution in [2.75, 3.05) is 26.2 Å². The molecule has 4 heteroatoms. The number of aryl methyl sites for hydroxylation is 3. The van der Waals surface area contributed by atoms with E-state index in [1.54, 1.807) is 12.1 Å². The maximum absolute atomic E-state index is 14.0. The van der Waals surface area contributed by atoms with Crippen LogP contribution in [0.5, 0.6) is 0 Å². The predicted molar refractivity (Wildman–Crippen MR) is 131 cm³/mol. The van der Waals surface area contributed by atoms with E-state index in [2.05, 4.69) is 47.1 Å². The molecule has 3 aromatic carbocycles. The van der Waals surface area contributed by atoms with Crippen LogP contribution in [0.3, 0.4) is 0 Å². The summed E-state index contributed by atoms with van der Waals surface area (Å²) in [6.07, 6.45) is 0. The Balaban J connectivity index is 1.50. The van der Waals surface area contributed by atoms with Crippen LogP contribution >= 0.6 is 0 Å². The van der Waals surface area contributed by atoms with Gasteiger partial charge >= 0.3 is 0 Å². The Morgan fingerprint density at radius 1 is 0.697 bits per heavy atom. The molecule has 4 nitrogen and oxygen atoms in total. The second-order valence-corrected chi connectivity index (χ2v) is 9.54. The molecule has 0 radical (unpaired) electrons. The summed E-state index contributed by atoms with van der Waals surface area (Å²) in [7, 11) is 0. The average Bonchev–Trinajstić information content (AvgIpc) is 3.02. The lowest BCUT2D eigenvalue weighted by molar-refractivity contribution is 0.0279. The molecule has 1 aliphatic carbocycles. The zero-order valence-corrected chi connectivity index (χ0v) is 19.6. The fourth-order valence-corrected chi connectivity index (χ4v) is 5.60. The summed E-state index contributed by atoms with van der Waals surface area (Å²) in [6.45, 7) is 10.0. The highest BCUT2D eigenvalue weighted by molar-refractivity contribution is 6.32. The van der Waals surface area contributed by atoms with Crippen molar-refractivity contribution in [2.24, 2.45) is 0 Å². The topological polar surface area (TPSA) is 40.6 Å². The first-order valence-electron chi connectivity index (χ1n) is 11.7. The van der Waals surface area contributed by atoms with E-state index in [9.17, 15) is 9.59 Å². The van der Waals surface area contributed by atoms with E-state index in [4.69, 9.17) is 0 Å². The Hall–Kier alpha value is -3.08. The molecule has 0 spiro atoms. The fraction of sp³-hybridized carbons (Fsp3) is 0.310. The van der Waals surface area contributed by atoms with Crippen LogP contribution in [0.15, 0.2) is 66.7 Å². The first kappa shape index (κ1) is 21.7. The highest BCUT2D eigenvalue weighted by Gasteiger charge is 2.58. The summed E-state index contributed by atoms with van der Waals surface area (Å²) < 4.78 is 0. The molecule has 0 saturated carbocycles. The fourth-order valence-electron chi connectivity index (χ4n) is 5.60. The second kappa shape index (κ2) is 8.36. The van der Waals surface area contributed by atoms with E-state index < -0.39 is 5.54 Å². The second-order valence-electron chi connectivity index (χ2n) is 9.54. The molecule has 1 aliphatic heterocycles. The van der Waals surface area contributed by atoms with E-state index in [1.165, 1.54) is 11.1 Å². The predicted octanol–water partition coefficient (Wildman–Crippen LogP) is 4.70. The van der Waals surface area contributed by atoms with Crippen molar-refractivity contribution in [3.05, 3.63) is 106 Å². The van der Waals surface area contributed by atoms with Gasteiger partial charge in [0.2, 0.25) is 0 Å². The van der Waals surface area contributed by atoms with Gasteiger partial charge < -0.3 is 0 Å². The Bertz CT molecular complexity index is 1180. The van der Waals surface area contributed by atoms with Crippen LogP contribution in [-0.2, 0) is 12.1 Å². The standard InChI is InChI=1S/C29H30N2O2/c1-20-7-6-8-23(16-20)19-30-11-13-31(14-12-30)29(24-17-21(2)15-22(3)18-24)27(32)25-9-4-5-10-26(25)28(29)33/h4-10,15-18H,11-14,19H2,1-3H3. The highest BCUT2D eigenvalue weighted by Crippen LogP contribution is 2.43. The lowest BCUT2D eigenvalue weighted by atomic mass is 9.81. The van der Waals surface area contributed by atoms with Gasteiger partial charge in [0.05, 0.1) is 0 Å². The number of piperazine rings is 1. The number of hydrogen-bond acceptors (Lipinski definition) is 4. The SMILES string of the molecule is Cc1cccc(CN2CCN(C3(c4cc(C)cc(C)c4)C(=O)c4ccccc4C3=O)CC2)c1. The van der Waals surface area contributed by atoms with Crippen molar-refractivity contribution in [1.82, 2.24) is 9.80 Å². The van der Waals surface area contributed by atoms with Crippen molar-refractivity contribution in [3.8, 4) is 0 Å². The van der Waals surface area contributed by atoms with Crippen LogP contribution in [-0.4, -0.2) is 47.5 Å². The van der Waals surface area contributed by atoms with Gasteiger partial charge in [-0.05, 0) is 31.9 Å². The number of hydrogen-bond donors (Lipinski definition) is 0. The number of benzene rings is 3. The Morgan fingerprint density at radius 2 is 1.30 bits per heavy atom. The highest BCUT2D eigenvalue weighted by atomic mass is 16.2. The third kappa shape index (κ3) is 3.64. The van der Waals surface area contributed by atoms with Crippen molar-refractivity contribution < 1.29 is 9.59 Å². The van der Waals surface area contributed by atoms with Gasteiger partial charge in [-0.1, -0.05) is 83.4 Å². The Kier molecular flexibility index (Phi) is 5.51. The van der Waals surface area contributed by atoms with E-state index in [0.29, 0.717) is 24.2 Å². The zero-order chi connectivity index (χ0) is 23.2. The van der Waals surface area contributed by atoms with Crippen molar-refractivity contribution in [3.63, 3.8) is 0 Å². The van der Waals surface area contributed by atoms with Gasteiger partial charge in [-0.3, -0.25) is 19.4 Å². The third-order valence-corrected chi connectivity index (χ3v) is 7.05. The van der Waals surface area contributed by atoms with Crippen LogP contribution in [0.4, 0.5) is 0 Å². The zero-order valence-electron chi connectivity index (χ0n) is 19.6. The molecule has 168 valence electrons. The molecule has 33 heavy (non-hydrogen) atoms. The minimum absolute atomic E-state index is 0.0831. The molecular weight excluding hydrogens is 408 g/mol. The van der Waals surface area contributed by atoms with Gasteiger partial charge in [0, 0.05) is 43.9 Å². The molecule has 0 aromatic heterocycles. The number of carbonyl (C=O) groups is 2. The Morgan fingerprint density at radius 3 is 1.88 bits per heavy atom. The number of ketones is 2. The van der Waals surface area contributed by atoms with Gasteiger partial charge in [0.15, 0.2) is 17.1 Å². The first-order valence-corrected chi connectivity index (χ1v) is 11.7. The van der Waals surface area contributed by atoms with Crippen LogP contribution in [0, 0.1) is 20.8 Å². The molecule has 5 rings (SSSR count). The smallest absolute Gasteiger partial charge is 0.196 e. The summed E-state index contributed by atoms with van der Waals surface area (Å²) in [5, 5.41) is 0.